The minimum atomic E-state index is -0.656. The van der Waals surface area contributed by atoms with Gasteiger partial charge in [0.25, 0.3) is 11.5 Å². The molecule has 0 aliphatic heterocycles. The van der Waals surface area contributed by atoms with Crippen molar-refractivity contribution in [3.63, 3.8) is 0 Å². The number of carbonyl (C=O) groups is 2. The lowest BCUT2D eigenvalue weighted by Gasteiger charge is -2.10. The van der Waals surface area contributed by atoms with Gasteiger partial charge in [0.1, 0.15) is 10.8 Å². The van der Waals surface area contributed by atoms with Crippen LogP contribution in [0, 0.1) is 6.92 Å². The first kappa shape index (κ1) is 23.7. The van der Waals surface area contributed by atoms with Gasteiger partial charge in [-0.25, -0.2) is 4.79 Å². The van der Waals surface area contributed by atoms with Crippen molar-refractivity contribution in [1.82, 2.24) is 9.78 Å². The summed E-state index contributed by atoms with van der Waals surface area (Å²) in [5.74, 6) is -0.524. The van der Waals surface area contributed by atoms with Gasteiger partial charge in [0.15, 0.2) is 12.3 Å². The molecule has 0 saturated heterocycles. The molecule has 0 radical (unpaired) electrons. The van der Waals surface area contributed by atoms with E-state index in [1.807, 2.05) is 25.1 Å². The van der Waals surface area contributed by atoms with Crippen molar-refractivity contribution in [2.75, 3.05) is 18.5 Å². The molecule has 0 atom stereocenters. The second-order valence-electron chi connectivity index (χ2n) is 7.27. The number of benzene rings is 2. The Morgan fingerprint density at radius 1 is 1.18 bits per heavy atom. The van der Waals surface area contributed by atoms with Crippen LogP contribution < -0.4 is 15.6 Å². The van der Waals surface area contributed by atoms with Gasteiger partial charge in [0.2, 0.25) is 0 Å². The van der Waals surface area contributed by atoms with Gasteiger partial charge >= 0.3 is 5.97 Å². The van der Waals surface area contributed by atoms with E-state index in [0.717, 1.165) is 26.1 Å². The molecule has 8 nitrogen and oxygen atoms in total. The maximum atomic E-state index is 13.4. The number of aryl methyl sites for hydroxylation is 1. The van der Waals surface area contributed by atoms with Gasteiger partial charge in [0, 0.05) is 15.2 Å². The van der Waals surface area contributed by atoms with Gasteiger partial charge in [-0.05, 0) is 55.8 Å². The average Bonchev–Trinajstić information content (AvgIpc) is 3.23. The fourth-order valence-corrected chi connectivity index (χ4v) is 4.48. The zero-order valence-electron chi connectivity index (χ0n) is 18.3. The Morgan fingerprint density at radius 2 is 1.94 bits per heavy atom. The minimum absolute atomic E-state index is 0.00729. The smallest absolute Gasteiger partial charge is 0.359 e. The molecule has 34 heavy (non-hydrogen) atoms. The molecule has 2 heterocycles. The van der Waals surface area contributed by atoms with Crippen LogP contribution in [0.5, 0.6) is 5.75 Å². The quantitative estimate of drug-likeness (QED) is 0.340. The van der Waals surface area contributed by atoms with Crippen LogP contribution in [0.3, 0.4) is 0 Å². The molecule has 0 fully saturated rings. The number of ether oxygens (including phenoxy) is 2. The average molecular weight is 542 g/mol. The molecule has 0 aliphatic rings. The summed E-state index contributed by atoms with van der Waals surface area (Å²) in [6, 6.07) is 14.3. The van der Waals surface area contributed by atoms with E-state index < -0.39 is 17.4 Å². The number of halogens is 1. The van der Waals surface area contributed by atoms with Crippen LogP contribution in [0.25, 0.3) is 16.5 Å². The summed E-state index contributed by atoms with van der Waals surface area (Å²) in [7, 11) is 0. The summed E-state index contributed by atoms with van der Waals surface area (Å²) in [4.78, 5) is 38.6. The summed E-state index contributed by atoms with van der Waals surface area (Å²) in [6.45, 7) is 3.53. The van der Waals surface area contributed by atoms with Crippen LogP contribution in [-0.2, 0) is 9.53 Å². The SMILES string of the molecule is CCOC(=O)c1nn(-c2ccc(Br)cc2)c(=O)c2c(NC(=O)COc3cccc(C)c3)scc12. The number of anilines is 1. The topological polar surface area (TPSA) is 99.5 Å². The number of aromatic nitrogens is 2. The Labute approximate surface area is 207 Å². The summed E-state index contributed by atoms with van der Waals surface area (Å²) in [6.07, 6.45) is 0. The van der Waals surface area contributed by atoms with E-state index in [1.54, 1.807) is 42.6 Å². The van der Waals surface area contributed by atoms with Crippen molar-refractivity contribution in [3.05, 3.63) is 80.0 Å². The van der Waals surface area contributed by atoms with E-state index in [0.29, 0.717) is 21.8 Å². The van der Waals surface area contributed by atoms with Gasteiger partial charge in [-0.2, -0.15) is 9.78 Å². The normalized spacial score (nSPS) is 10.8. The molecule has 4 rings (SSSR count). The van der Waals surface area contributed by atoms with Crippen LogP contribution >= 0.6 is 27.3 Å². The van der Waals surface area contributed by atoms with Crippen LogP contribution in [-0.4, -0.2) is 34.9 Å². The van der Waals surface area contributed by atoms with Gasteiger partial charge in [0.05, 0.1) is 17.7 Å². The first-order valence-corrected chi connectivity index (χ1v) is 12.0. The molecule has 174 valence electrons. The van der Waals surface area contributed by atoms with Crippen molar-refractivity contribution in [3.8, 4) is 11.4 Å². The van der Waals surface area contributed by atoms with Gasteiger partial charge in [-0.3, -0.25) is 9.59 Å². The molecule has 10 heteroatoms. The highest BCUT2D eigenvalue weighted by molar-refractivity contribution is 9.10. The molecule has 0 aliphatic carbocycles. The molecule has 1 N–H and O–H groups in total. The van der Waals surface area contributed by atoms with Crippen molar-refractivity contribution in [1.29, 1.82) is 0 Å². The molecule has 1 amide bonds. The number of amides is 1. The lowest BCUT2D eigenvalue weighted by atomic mass is 10.2. The van der Waals surface area contributed by atoms with Crippen molar-refractivity contribution in [2.45, 2.75) is 13.8 Å². The number of hydrogen-bond acceptors (Lipinski definition) is 7. The molecule has 2 aromatic heterocycles. The van der Waals surface area contributed by atoms with Crippen molar-refractivity contribution in [2.24, 2.45) is 0 Å². The maximum Gasteiger partial charge on any atom is 0.359 e. The largest absolute Gasteiger partial charge is 0.484 e. The Hall–Kier alpha value is -3.50. The summed E-state index contributed by atoms with van der Waals surface area (Å²) < 4.78 is 12.7. The fraction of sp³-hybridized carbons (Fsp3) is 0.167. The second-order valence-corrected chi connectivity index (χ2v) is 9.06. The highest BCUT2D eigenvalue weighted by Gasteiger charge is 2.23. The Morgan fingerprint density at radius 3 is 2.65 bits per heavy atom. The van der Waals surface area contributed by atoms with Crippen LogP contribution in [0.15, 0.2) is 63.2 Å². The van der Waals surface area contributed by atoms with Gasteiger partial charge < -0.3 is 14.8 Å². The molecule has 4 aromatic rings. The lowest BCUT2D eigenvalue weighted by molar-refractivity contribution is -0.118. The Bertz CT molecular complexity index is 1430. The molecular weight excluding hydrogens is 522 g/mol. The minimum Gasteiger partial charge on any atom is -0.484 e. The zero-order chi connectivity index (χ0) is 24.2. The number of nitrogens with zero attached hydrogens (tertiary/aromatic N) is 2. The third-order valence-corrected chi connectivity index (χ3v) is 6.23. The third kappa shape index (κ3) is 5.02. The Balaban J connectivity index is 1.71. The molecule has 0 saturated carbocycles. The molecular formula is C24H20BrN3O5S. The predicted molar refractivity (Wildman–Crippen MR) is 134 cm³/mol. The van der Waals surface area contributed by atoms with E-state index >= 15 is 0 Å². The predicted octanol–water partition coefficient (Wildman–Crippen LogP) is 4.71. The maximum absolute atomic E-state index is 13.4. The highest BCUT2D eigenvalue weighted by Crippen LogP contribution is 2.30. The van der Waals surface area contributed by atoms with Crippen molar-refractivity contribution >= 4 is 54.9 Å². The number of hydrogen-bond donors (Lipinski definition) is 1. The number of esters is 1. The summed E-state index contributed by atoms with van der Waals surface area (Å²) in [5, 5.41) is 9.41. The molecule has 0 bridgehead atoms. The van der Waals surface area contributed by atoms with Crippen LogP contribution in [0.4, 0.5) is 5.00 Å². The number of rotatable bonds is 7. The third-order valence-electron chi connectivity index (χ3n) is 4.80. The van der Waals surface area contributed by atoms with E-state index in [1.165, 1.54) is 0 Å². The zero-order valence-corrected chi connectivity index (χ0v) is 20.7. The number of carbonyl (C=O) groups excluding carboxylic acids is 2. The highest BCUT2D eigenvalue weighted by atomic mass is 79.9. The van der Waals surface area contributed by atoms with Gasteiger partial charge in [-0.15, -0.1) is 11.3 Å². The van der Waals surface area contributed by atoms with Gasteiger partial charge in [-0.1, -0.05) is 28.1 Å². The van der Waals surface area contributed by atoms with Crippen LogP contribution in [0.2, 0.25) is 0 Å². The summed E-state index contributed by atoms with van der Waals surface area (Å²) >= 11 is 4.49. The van der Waals surface area contributed by atoms with E-state index in [2.05, 4.69) is 26.3 Å². The first-order valence-electron chi connectivity index (χ1n) is 10.3. The number of fused-ring (bicyclic) bond motifs is 1. The molecule has 0 unspecified atom stereocenters. The number of nitrogens with one attached hydrogen (secondary N) is 1. The number of thiophene rings is 1. The fourth-order valence-electron chi connectivity index (χ4n) is 3.27. The Kier molecular flexibility index (Phi) is 7.09. The first-order chi connectivity index (χ1) is 16.4. The van der Waals surface area contributed by atoms with E-state index in [-0.39, 0.29) is 24.3 Å². The van der Waals surface area contributed by atoms with E-state index in [9.17, 15) is 14.4 Å². The molecule has 2 aromatic carbocycles. The van der Waals surface area contributed by atoms with E-state index in [4.69, 9.17) is 9.47 Å². The standard InChI is InChI=1S/C24H20BrN3O5S/c1-3-32-24(31)21-18-13-34-22(26-19(29)12-33-17-6-4-5-14(2)11-17)20(18)23(30)28(27-21)16-9-7-15(25)8-10-16/h4-11,13H,3,12H2,1-2H3,(H,26,29). The van der Waals surface area contributed by atoms with Crippen molar-refractivity contribution < 1.29 is 19.1 Å². The van der Waals surface area contributed by atoms with Crippen LogP contribution in [0.1, 0.15) is 23.0 Å². The second kappa shape index (κ2) is 10.2. The summed E-state index contributed by atoms with van der Waals surface area (Å²) in [5.41, 5.74) is 0.996. The molecule has 0 spiro atoms. The lowest BCUT2D eigenvalue weighted by Crippen LogP contribution is -2.26. The monoisotopic (exact) mass is 541 g/mol.